The molecule has 4 rings (SSSR count). The molecule has 2 amide bonds. The Labute approximate surface area is 140 Å². The molecule has 1 aliphatic carbocycles. The van der Waals surface area contributed by atoms with Crippen LogP contribution in [0.4, 0.5) is 0 Å². The van der Waals surface area contributed by atoms with Crippen LogP contribution in [0.5, 0.6) is 0 Å². The minimum Gasteiger partial charge on any atom is -0.342 e. The zero-order valence-corrected chi connectivity index (χ0v) is 14.1. The number of aromatic nitrogens is 1. The van der Waals surface area contributed by atoms with Crippen LogP contribution in [0.2, 0.25) is 0 Å². The van der Waals surface area contributed by atoms with Crippen molar-refractivity contribution >= 4 is 23.2 Å². The van der Waals surface area contributed by atoms with Gasteiger partial charge in [-0.3, -0.25) is 9.59 Å². The normalized spacial score (nSPS) is 28.4. The molecule has 23 heavy (non-hydrogen) atoms. The average Bonchev–Trinajstić information content (AvgIpc) is 3.08. The minimum absolute atomic E-state index is 0.115. The number of amides is 2. The van der Waals surface area contributed by atoms with Crippen molar-refractivity contribution in [3.05, 3.63) is 16.6 Å². The fraction of sp³-hybridized carbons (Fsp3) is 0.706. The van der Waals surface area contributed by atoms with E-state index in [1.165, 1.54) is 12.8 Å². The molecule has 3 heterocycles. The van der Waals surface area contributed by atoms with Crippen LogP contribution in [0.15, 0.2) is 11.6 Å². The second-order valence-electron chi connectivity index (χ2n) is 7.06. The summed E-state index contributed by atoms with van der Waals surface area (Å²) in [5.74, 6) is 0.863. The number of hydrogen-bond acceptors (Lipinski definition) is 4. The van der Waals surface area contributed by atoms with Crippen LogP contribution in [-0.4, -0.2) is 46.2 Å². The number of nitrogens with zero attached hydrogens (tertiary/aromatic N) is 3. The van der Waals surface area contributed by atoms with Crippen molar-refractivity contribution in [2.45, 2.75) is 44.6 Å². The first kappa shape index (κ1) is 15.1. The van der Waals surface area contributed by atoms with E-state index in [-0.39, 0.29) is 23.8 Å². The Morgan fingerprint density at radius 3 is 2.91 bits per heavy atom. The van der Waals surface area contributed by atoms with Gasteiger partial charge in [-0.2, -0.15) is 0 Å². The molecule has 3 aliphatic rings. The number of hydrogen-bond donors (Lipinski definition) is 0. The lowest BCUT2D eigenvalue weighted by atomic mass is 9.99. The smallest absolute Gasteiger partial charge is 0.228 e. The maximum atomic E-state index is 13.0. The zero-order chi connectivity index (χ0) is 15.8. The van der Waals surface area contributed by atoms with Gasteiger partial charge in [-0.15, -0.1) is 11.3 Å². The molecule has 0 bridgehead atoms. The highest BCUT2D eigenvalue weighted by molar-refractivity contribution is 7.09. The summed E-state index contributed by atoms with van der Waals surface area (Å²) < 4.78 is 0. The minimum atomic E-state index is -0.151. The van der Waals surface area contributed by atoms with Crippen molar-refractivity contribution < 1.29 is 9.59 Å². The van der Waals surface area contributed by atoms with Gasteiger partial charge >= 0.3 is 0 Å². The molecular weight excluding hydrogens is 310 g/mol. The molecule has 124 valence electrons. The summed E-state index contributed by atoms with van der Waals surface area (Å²) in [6, 6.07) is 0.115. The van der Waals surface area contributed by atoms with Gasteiger partial charge in [0, 0.05) is 37.6 Å². The fourth-order valence-corrected chi connectivity index (χ4v) is 4.60. The van der Waals surface area contributed by atoms with Gasteiger partial charge in [0.15, 0.2) is 0 Å². The number of carbonyl (C=O) groups excluding carboxylic acids is 2. The quantitative estimate of drug-likeness (QED) is 0.850. The average molecular weight is 333 g/mol. The number of thiazole rings is 1. The van der Waals surface area contributed by atoms with Crippen molar-refractivity contribution in [1.29, 1.82) is 0 Å². The van der Waals surface area contributed by atoms with Crippen LogP contribution in [0.3, 0.4) is 0 Å². The van der Waals surface area contributed by atoms with E-state index in [4.69, 9.17) is 0 Å². The third-order valence-electron chi connectivity index (χ3n) is 5.26. The summed E-state index contributed by atoms with van der Waals surface area (Å²) >= 11 is 1.63. The molecule has 3 fully saturated rings. The van der Waals surface area contributed by atoms with Gasteiger partial charge in [0.05, 0.1) is 12.0 Å². The number of likely N-dealkylation sites (tertiary alicyclic amines) is 2. The van der Waals surface area contributed by atoms with E-state index < -0.39 is 0 Å². The summed E-state index contributed by atoms with van der Waals surface area (Å²) in [5.41, 5.74) is 0. The molecule has 2 atom stereocenters. The van der Waals surface area contributed by atoms with E-state index >= 15 is 0 Å². The van der Waals surface area contributed by atoms with E-state index in [1.54, 1.807) is 11.3 Å². The Morgan fingerprint density at radius 2 is 2.17 bits per heavy atom. The molecule has 2 saturated heterocycles. The number of carbonyl (C=O) groups is 2. The van der Waals surface area contributed by atoms with E-state index in [2.05, 4.69) is 4.98 Å². The molecule has 6 heteroatoms. The largest absolute Gasteiger partial charge is 0.342 e. The van der Waals surface area contributed by atoms with Crippen LogP contribution in [0.1, 0.15) is 49.6 Å². The van der Waals surface area contributed by atoms with Gasteiger partial charge in [-0.1, -0.05) is 0 Å². The van der Waals surface area contributed by atoms with Crippen molar-refractivity contribution in [2.24, 2.45) is 11.8 Å². The highest BCUT2D eigenvalue weighted by atomic mass is 32.1. The van der Waals surface area contributed by atoms with Crippen molar-refractivity contribution in [3.63, 3.8) is 0 Å². The summed E-state index contributed by atoms with van der Waals surface area (Å²) in [4.78, 5) is 33.6. The second kappa shape index (κ2) is 6.23. The van der Waals surface area contributed by atoms with Crippen LogP contribution in [-0.2, 0) is 9.59 Å². The molecule has 5 nitrogen and oxygen atoms in total. The lowest BCUT2D eigenvalue weighted by molar-refractivity contribution is -0.139. The van der Waals surface area contributed by atoms with E-state index in [9.17, 15) is 9.59 Å². The molecular formula is C17H23N3O2S. The molecule has 1 aromatic rings. The Bertz CT molecular complexity index is 585. The first-order valence-corrected chi connectivity index (χ1v) is 9.58. The van der Waals surface area contributed by atoms with E-state index in [1.807, 2.05) is 21.4 Å². The predicted octanol–water partition coefficient (Wildman–Crippen LogP) is 2.46. The van der Waals surface area contributed by atoms with Gasteiger partial charge in [0.1, 0.15) is 5.01 Å². The fourth-order valence-electron chi connectivity index (χ4n) is 3.81. The molecule has 0 N–H and O–H groups in total. The molecule has 0 radical (unpaired) electrons. The molecule has 0 aromatic carbocycles. The molecule has 2 aliphatic heterocycles. The monoisotopic (exact) mass is 333 g/mol. The second-order valence-corrected chi connectivity index (χ2v) is 7.98. The summed E-state index contributed by atoms with van der Waals surface area (Å²) in [7, 11) is 0. The Hall–Kier alpha value is -1.43. The lowest BCUT2D eigenvalue weighted by Gasteiger charge is -2.36. The lowest BCUT2D eigenvalue weighted by Crippen LogP contribution is -2.42. The van der Waals surface area contributed by atoms with Gasteiger partial charge < -0.3 is 9.80 Å². The summed E-state index contributed by atoms with van der Waals surface area (Å²) in [5, 5.41) is 3.01. The number of rotatable bonds is 4. The zero-order valence-electron chi connectivity index (χ0n) is 13.3. The third-order valence-corrected chi connectivity index (χ3v) is 6.14. The Balaban J connectivity index is 1.45. The standard InChI is InChI=1S/C17H23N3O2S/c21-15-9-13(11-19(15)10-12-4-5-12)17(22)20-7-2-1-3-14(20)16-18-6-8-23-16/h6,8,12-14H,1-5,7,9-11H2. The predicted molar refractivity (Wildman–Crippen MR) is 87.8 cm³/mol. The highest BCUT2D eigenvalue weighted by Crippen LogP contribution is 2.36. The summed E-state index contributed by atoms with van der Waals surface area (Å²) in [6.07, 6.45) is 7.87. The van der Waals surface area contributed by atoms with E-state index in [0.717, 1.165) is 37.4 Å². The van der Waals surface area contributed by atoms with Gasteiger partial charge in [0.25, 0.3) is 0 Å². The topological polar surface area (TPSA) is 53.5 Å². The first-order valence-electron chi connectivity index (χ1n) is 8.70. The first-order chi connectivity index (χ1) is 11.2. The highest BCUT2D eigenvalue weighted by Gasteiger charge is 2.41. The van der Waals surface area contributed by atoms with Crippen molar-refractivity contribution in [2.75, 3.05) is 19.6 Å². The van der Waals surface area contributed by atoms with Crippen LogP contribution >= 0.6 is 11.3 Å². The van der Waals surface area contributed by atoms with Gasteiger partial charge in [-0.25, -0.2) is 4.98 Å². The van der Waals surface area contributed by atoms with Crippen molar-refractivity contribution in [1.82, 2.24) is 14.8 Å². The molecule has 1 saturated carbocycles. The van der Waals surface area contributed by atoms with Crippen molar-refractivity contribution in [3.8, 4) is 0 Å². The van der Waals surface area contributed by atoms with Crippen LogP contribution < -0.4 is 0 Å². The Kier molecular flexibility index (Phi) is 4.09. The molecule has 1 aromatic heterocycles. The SMILES string of the molecule is O=C1CC(C(=O)N2CCCCC2c2nccs2)CN1CC1CC1. The van der Waals surface area contributed by atoms with Gasteiger partial charge in [0.2, 0.25) is 11.8 Å². The Morgan fingerprint density at radius 1 is 1.30 bits per heavy atom. The maximum Gasteiger partial charge on any atom is 0.228 e. The third kappa shape index (κ3) is 3.13. The molecule has 0 spiro atoms. The van der Waals surface area contributed by atoms with Crippen LogP contribution in [0.25, 0.3) is 0 Å². The molecule has 2 unspecified atom stereocenters. The van der Waals surface area contributed by atoms with Crippen LogP contribution in [0, 0.1) is 11.8 Å². The summed E-state index contributed by atoms with van der Waals surface area (Å²) in [6.45, 7) is 2.28. The number of piperidine rings is 1. The van der Waals surface area contributed by atoms with E-state index in [0.29, 0.717) is 18.9 Å². The maximum absolute atomic E-state index is 13.0. The van der Waals surface area contributed by atoms with Gasteiger partial charge in [-0.05, 0) is 38.0 Å².